The fraction of sp³-hybridized carbons (Fsp3) is 1.00. The van der Waals surface area contributed by atoms with E-state index in [4.69, 9.17) is 4.43 Å². The average molecular weight is 446 g/mol. The van der Waals surface area contributed by atoms with Crippen LogP contribution < -0.4 is 0 Å². The van der Waals surface area contributed by atoms with Crippen LogP contribution >= 0.6 is 0 Å². The van der Waals surface area contributed by atoms with E-state index in [1.165, 1.54) is 71.1 Å². The van der Waals surface area contributed by atoms with Crippen LogP contribution in [0.2, 0.25) is 18.1 Å². The second-order valence-electron chi connectivity index (χ2n) is 10.7. The smallest absolute Gasteiger partial charge is 0.235 e. The summed E-state index contributed by atoms with van der Waals surface area (Å²) in [4.78, 5) is 10.6. The third-order valence-corrected chi connectivity index (χ3v) is 11.3. The van der Waals surface area contributed by atoms with Gasteiger partial charge in [-0.1, -0.05) is 98.3 Å². The maximum atomic E-state index is 11.0. The van der Waals surface area contributed by atoms with Gasteiger partial charge < -0.3 is 9.53 Å². The molecule has 1 N–H and O–H groups in total. The first-order valence-corrected chi connectivity index (χ1v) is 15.3. The fourth-order valence-corrected chi connectivity index (χ4v) is 4.86. The summed E-state index contributed by atoms with van der Waals surface area (Å²) in [6.45, 7) is 14.8. The Morgan fingerprint density at radius 1 is 0.933 bits per heavy atom. The van der Waals surface area contributed by atoms with Crippen molar-refractivity contribution in [3.8, 4) is 0 Å². The highest BCUT2D eigenvalue weighted by molar-refractivity contribution is 6.74. The van der Waals surface area contributed by atoms with Crippen LogP contribution in [0, 0.1) is 10.1 Å². The number of nitro groups is 1. The summed E-state index contributed by atoms with van der Waals surface area (Å²) < 4.78 is 6.55. The number of hydrogen-bond acceptors (Lipinski definition) is 4. The van der Waals surface area contributed by atoms with Gasteiger partial charge >= 0.3 is 0 Å². The number of hydrogen-bond donors (Lipinski definition) is 1. The molecule has 3 atom stereocenters. The summed E-state index contributed by atoms with van der Waals surface area (Å²) in [6.07, 6.45) is 14.5. The molecule has 0 aliphatic heterocycles. The van der Waals surface area contributed by atoms with E-state index in [0.29, 0.717) is 6.42 Å². The van der Waals surface area contributed by atoms with Crippen LogP contribution in [0.25, 0.3) is 0 Å². The van der Waals surface area contributed by atoms with E-state index >= 15 is 0 Å². The molecule has 0 aromatic carbocycles. The number of aliphatic hydroxyl groups excluding tert-OH is 1. The number of rotatable bonds is 18. The summed E-state index contributed by atoms with van der Waals surface area (Å²) in [7, 11) is -1.98. The molecule has 0 unspecified atom stereocenters. The van der Waals surface area contributed by atoms with Gasteiger partial charge in [0.05, 0.1) is 0 Å². The predicted molar refractivity (Wildman–Crippen MR) is 130 cm³/mol. The predicted octanol–water partition coefficient (Wildman–Crippen LogP) is 7.49. The molecule has 0 spiro atoms. The monoisotopic (exact) mass is 445 g/mol. The summed E-state index contributed by atoms with van der Waals surface area (Å²) in [6, 6.07) is -0.951. The normalized spacial score (nSPS) is 15.7. The minimum Gasteiger partial charge on any atom is -0.414 e. The largest absolute Gasteiger partial charge is 0.414 e. The molecule has 0 amide bonds. The zero-order valence-corrected chi connectivity index (χ0v) is 22.0. The standard InChI is InChI=1S/C24H51NO4Si/c1-8-9-10-11-12-13-14-15-16-17-18-19-22(20-23(26)21(2)25(27)28)29-30(6,7)24(3,4)5/h21-23,26H,8-20H2,1-7H3/t21-,22+,23-/m0/s1. The van der Waals surface area contributed by atoms with Gasteiger partial charge in [-0.2, -0.15) is 0 Å². The molecule has 6 heteroatoms. The quantitative estimate of drug-likeness (QED) is 0.103. The Kier molecular flexibility index (Phi) is 15.1. The molecule has 0 aromatic heterocycles. The van der Waals surface area contributed by atoms with Crippen molar-refractivity contribution in [2.24, 2.45) is 0 Å². The van der Waals surface area contributed by atoms with E-state index in [9.17, 15) is 15.2 Å². The second-order valence-corrected chi connectivity index (χ2v) is 15.4. The maximum absolute atomic E-state index is 11.0. The third-order valence-electron chi connectivity index (χ3n) is 6.79. The maximum Gasteiger partial charge on any atom is 0.235 e. The van der Waals surface area contributed by atoms with Crippen LogP contribution in [-0.2, 0) is 4.43 Å². The highest BCUT2D eigenvalue weighted by Gasteiger charge is 2.40. The van der Waals surface area contributed by atoms with E-state index in [1.54, 1.807) is 0 Å². The second kappa shape index (κ2) is 15.4. The van der Waals surface area contributed by atoms with Crippen molar-refractivity contribution in [2.45, 2.75) is 154 Å². The molecule has 0 aliphatic rings. The van der Waals surface area contributed by atoms with Crippen LogP contribution in [0.5, 0.6) is 0 Å². The van der Waals surface area contributed by atoms with Gasteiger partial charge in [0.2, 0.25) is 6.04 Å². The molecular formula is C24H51NO4Si. The summed E-state index contributed by atoms with van der Waals surface area (Å²) in [5.41, 5.74) is 0. The lowest BCUT2D eigenvalue weighted by molar-refractivity contribution is -0.530. The Labute approximate surface area is 187 Å². The molecule has 0 saturated heterocycles. The Bertz CT molecular complexity index is 451. The van der Waals surface area contributed by atoms with Gasteiger partial charge in [0.25, 0.3) is 0 Å². The zero-order chi connectivity index (χ0) is 23.2. The first-order chi connectivity index (χ1) is 13.9. The number of unbranched alkanes of at least 4 members (excludes halogenated alkanes) is 10. The SMILES string of the molecule is CCCCCCCCCCCCC[C@H](C[C@H](O)[C@H](C)[N+](=O)[O-])O[Si](C)(C)C(C)(C)C. The van der Waals surface area contributed by atoms with Crippen molar-refractivity contribution in [2.75, 3.05) is 0 Å². The molecular weight excluding hydrogens is 394 g/mol. The van der Waals surface area contributed by atoms with Gasteiger partial charge in [-0.15, -0.1) is 0 Å². The molecule has 0 radical (unpaired) electrons. The third kappa shape index (κ3) is 13.1. The van der Waals surface area contributed by atoms with E-state index in [0.717, 1.165) is 12.8 Å². The van der Waals surface area contributed by atoms with Gasteiger partial charge in [0.1, 0.15) is 6.10 Å². The fourth-order valence-electron chi connectivity index (χ4n) is 3.46. The molecule has 0 heterocycles. The Morgan fingerprint density at radius 2 is 1.37 bits per heavy atom. The van der Waals surface area contributed by atoms with Crippen molar-refractivity contribution >= 4 is 8.32 Å². The molecule has 30 heavy (non-hydrogen) atoms. The van der Waals surface area contributed by atoms with Crippen molar-refractivity contribution in [1.29, 1.82) is 0 Å². The molecule has 5 nitrogen and oxygen atoms in total. The molecule has 0 aromatic rings. The van der Waals surface area contributed by atoms with Crippen LogP contribution in [0.1, 0.15) is 118 Å². The molecule has 0 rings (SSSR count). The van der Waals surface area contributed by atoms with Crippen LogP contribution in [0.4, 0.5) is 0 Å². The molecule has 0 aliphatic carbocycles. The van der Waals surface area contributed by atoms with Crippen molar-refractivity contribution in [3.63, 3.8) is 0 Å². The lowest BCUT2D eigenvalue weighted by atomic mass is 10.0. The van der Waals surface area contributed by atoms with Crippen molar-refractivity contribution in [3.05, 3.63) is 10.1 Å². The highest BCUT2D eigenvalue weighted by Crippen LogP contribution is 2.38. The first kappa shape index (κ1) is 29.5. The van der Waals surface area contributed by atoms with E-state index in [2.05, 4.69) is 40.8 Å². The molecule has 180 valence electrons. The van der Waals surface area contributed by atoms with E-state index < -0.39 is 25.4 Å². The van der Waals surface area contributed by atoms with E-state index in [-0.39, 0.29) is 11.1 Å². The van der Waals surface area contributed by atoms with Crippen molar-refractivity contribution in [1.82, 2.24) is 0 Å². The highest BCUT2D eigenvalue weighted by atomic mass is 28.4. The summed E-state index contributed by atoms with van der Waals surface area (Å²) >= 11 is 0. The zero-order valence-electron chi connectivity index (χ0n) is 21.0. The van der Waals surface area contributed by atoms with Gasteiger partial charge in [-0.05, 0) is 24.6 Å². The Balaban J connectivity index is 4.37. The Morgan fingerprint density at radius 3 is 1.77 bits per heavy atom. The molecule has 0 bridgehead atoms. The number of aliphatic hydroxyl groups is 1. The van der Waals surface area contributed by atoms with Gasteiger partial charge in [0.15, 0.2) is 8.32 Å². The Hall–Kier alpha value is -0.463. The van der Waals surface area contributed by atoms with E-state index in [1.807, 2.05) is 0 Å². The van der Waals surface area contributed by atoms with Crippen LogP contribution in [0.3, 0.4) is 0 Å². The average Bonchev–Trinajstić information content (AvgIpc) is 2.63. The van der Waals surface area contributed by atoms with Crippen LogP contribution in [-0.4, -0.2) is 36.6 Å². The van der Waals surface area contributed by atoms with Gasteiger partial charge in [-0.3, -0.25) is 10.1 Å². The molecule has 0 saturated carbocycles. The van der Waals surface area contributed by atoms with Crippen LogP contribution in [0.15, 0.2) is 0 Å². The minimum absolute atomic E-state index is 0.0854. The van der Waals surface area contributed by atoms with Crippen molar-refractivity contribution < 1.29 is 14.5 Å². The minimum atomic E-state index is -1.98. The van der Waals surface area contributed by atoms with Gasteiger partial charge in [0, 0.05) is 24.4 Å². The molecule has 0 fully saturated rings. The first-order valence-electron chi connectivity index (χ1n) is 12.4. The lowest BCUT2D eigenvalue weighted by Crippen LogP contribution is -2.45. The summed E-state index contributed by atoms with van der Waals surface area (Å²) in [5.74, 6) is 0. The summed E-state index contributed by atoms with van der Waals surface area (Å²) in [5, 5.41) is 21.5. The van der Waals surface area contributed by atoms with Gasteiger partial charge in [-0.25, -0.2) is 0 Å². The lowest BCUT2D eigenvalue weighted by Gasteiger charge is -2.40. The number of nitrogens with zero attached hydrogens (tertiary/aromatic N) is 1. The topological polar surface area (TPSA) is 72.6 Å².